The summed E-state index contributed by atoms with van der Waals surface area (Å²) in [4.78, 5) is 24.8. The van der Waals surface area contributed by atoms with Gasteiger partial charge < -0.3 is 10.1 Å². The molecule has 1 saturated carbocycles. The number of amides is 1. The minimum atomic E-state index is -0.355. The van der Waals surface area contributed by atoms with Crippen LogP contribution in [0.15, 0.2) is 23.1 Å². The predicted molar refractivity (Wildman–Crippen MR) is 97.2 cm³/mol. The highest BCUT2D eigenvalue weighted by Crippen LogP contribution is 2.24. The molecule has 2 rings (SSSR count). The molecular weight excluding hydrogens is 322 g/mol. The van der Waals surface area contributed by atoms with Crippen LogP contribution < -0.4 is 5.32 Å². The molecule has 2 atom stereocenters. The molecule has 1 aromatic rings. The van der Waals surface area contributed by atoms with E-state index in [2.05, 4.69) is 18.3 Å². The first kappa shape index (κ1) is 18.8. The molecule has 1 aliphatic carbocycles. The largest absolute Gasteiger partial charge is 0.455 e. The molecule has 0 aromatic heterocycles. The lowest BCUT2D eigenvalue weighted by atomic mass is 9.86. The summed E-state index contributed by atoms with van der Waals surface area (Å²) in [5.41, 5.74) is 2.35. The second-order valence-electron chi connectivity index (χ2n) is 6.65. The fourth-order valence-corrected chi connectivity index (χ4v) is 3.87. The number of thioether (sulfide) groups is 1. The van der Waals surface area contributed by atoms with Gasteiger partial charge in [-0.05, 0) is 44.2 Å². The average molecular weight is 349 g/mol. The van der Waals surface area contributed by atoms with E-state index in [0.29, 0.717) is 5.92 Å². The van der Waals surface area contributed by atoms with Crippen molar-refractivity contribution in [3.05, 3.63) is 29.3 Å². The Morgan fingerprint density at radius 1 is 1.25 bits per heavy atom. The van der Waals surface area contributed by atoms with Gasteiger partial charge in [-0.15, -0.1) is 11.8 Å². The monoisotopic (exact) mass is 349 g/mol. The van der Waals surface area contributed by atoms with E-state index in [4.69, 9.17) is 4.74 Å². The van der Waals surface area contributed by atoms with Gasteiger partial charge in [0.2, 0.25) is 0 Å². The summed E-state index contributed by atoms with van der Waals surface area (Å²) in [6.07, 6.45) is 4.56. The van der Waals surface area contributed by atoms with Crippen LogP contribution in [-0.4, -0.2) is 30.3 Å². The Balaban J connectivity index is 1.69. The number of carbonyl (C=O) groups is 2. The van der Waals surface area contributed by atoms with Crippen LogP contribution in [0.4, 0.5) is 0 Å². The first-order valence-corrected chi connectivity index (χ1v) is 9.59. The first-order chi connectivity index (χ1) is 11.5. The van der Waals surface area contributed by atoms with Crippen molar-refractivity contribution >= 4 is 23.6 Å². The van der Waals surface area contributed by atoms with Gasteiger partial charge in [0.25, 0.3) is 5.91 Å². The van der Waals surface area contributed by atoms with Crippen molar-refractivity contribution in [2.24, 2.45) is 5.92 Å². The second kappa shape index (κ2) is 9.11. The summed E-state index contributed by atoms with van der Waals surface area (Å²) in [6, 6.07) is 6.35. The zero-order valence-electron chi connectivity index (χ0n) is 14.8. The molecule has 1 amide bonds. The molecule has 0 bridgehead atoms. The molecular formula is C19H27NO3S. The van der Waals surface area contributed by atoms with Crippen LogP contribution in [0.25, 0.3) is 0 Å². The van der Waals surface area contributed by atoms with E-state index >= 15 is 0 Å². The Labute approximate surface area is 148 Å². The molecule has 4 nitrogen and oxygen atoms in total. The molecule has 0 heterocycles. The van der Waals surface area contributed by atoms with E-state index in [1.165, 1.54) is 23.7 Å². The molecule has 1 aliphatic rings. The summed E-state index contributed by atoms with van der Waals surface area (Å²) in [5, 5.41) is 2.99. The molecule has 132 valence electrons. The Bertz CT molecular complexity index is 588. The number of rotatable bonds is 6. The third kappa shape index (κ3) is 5.86. The van der Waals surface area contributed by atoms with Gasteiger partial charge in [-0.2, -0.15) is 0 Å². The molecule has 0 unspecified atom stereocenters. The smallest absolute Gasteiger partial charge is 0.316 e. The van der Waals surface area contributed by atoms with Crippen molar-refractivity contribution < 1.29 is 14.3 Å². The van der Waals surface area contributed by atoms with E-state index in [1.807, 2.05) is 26.0 Å². The SMILES string of the molecule is Cc1ccc(SCC(=O)OCC(=O)N[C@@H]2CCCC[C@@H]2C)c(C)c1. The topological polar surface area (TPSA) is 55.4 Å². The van der Waals surface area contributed by atoms with Crippen molar-refractivity contribution in [2.75, 3.05) is 12.4 Å². The van der Waals surface area contributed by atoms with Crippen LogP contribution in [0.1, 0.15) is 43.7 Å². The van der Waals surface area contributed by atoms with Crippen molar-refractivity contribution in [2.45, 2.75) is 57.4 Å². The lowest BCUT2D eigenvalue weighted by Gasteiger charge is -2.29. The van der Waals surface area contributed by atoms with Crippen molar-refractivity contribution in [3.63, 3.8) is 0 Å². The van der Waals surface area contributed by atoms with Crippen LogP contribution in [-0.2, 0) is 14.3 Å². The summed E-state index contributed by atoms with van der Waals surface area (Å²) in [7, 11) is 0. The molecule has 0 saturated heterocycles. The van der Waals surface area contributed by atoms with Gasteiger partial charge in [-0.1, -0.05) is 37.5 Å². The number of ether oxygens (including phenoxy) is 1. The highest BCUT2D eigenvalue weighted by molar-refractivity contribution is 8.00. The molecule has 1 aromatic carbocycles. The van der Waals surface area contributed by atoms with Crippen molar-refractivity contribution in [1.29, 1.82) is 0 Å². The maximum atomic E-state index is 11.9. The molecule has 5 heteroatoms. The van der Waals surface area contributed by atoms with Crippen LogP contribution in [0.2, 0.25) is 0 Å². The third-order valence-corrected chi connectivity index (χ3v) is 5.65. The molecule has 0 spiro atoms. The summed E-state index contributed by atoms with van der Waals surface area (Å²) < 4.78 is 5.09. The van der Waals surface area contributed by atoms with Crippen molar-refractivity contribution in [1.82, 2.24) is 5.32 Å². The molecule has 0 aliphatic heterocycles. The standard InChI is InChI=1S/C19H27NO3S/c1-13-8-9-17(15(3)10-13)24-12-19(22)23-11-18(21)20-16-7-5-4-6-14(16)2/h8-10,14,16H,4-7,11-12H2,1-3H3,(H,20,21)/t14-,16+/m0/s1. The van der Waals surface area contributed by atoms with Gasteiger partial charge in [0, 0.05) is 10.9 Å². The number of carbonyl (C=O) groups excluding carboxylic acids is 2. The van der Waals surface area contributed by atoms with Crippen LogP contribution >= 0.6 is 11.8 Å². The normalized spacial score (nSPS) is 20.5. The Morgan fingerprint density at radius 2 is 2.00 bits per heavy atom. The van der Waals surface area contributed by atoms with E-state index in [9.17, 15) is 9.59 Å². The highest BCUT2D eigenvalue weighted by atomic mass is 32.2. The number of aryl methyl sites for hydroxylation is 2. The quantitative estimate of drug-likeness (QED) is 0.629. The minimum absolute atomic E-state index is 0.185. The van der Waals surface area contributed by atoms with Gasteiger partial charge in [0.05, 0.1) is 5.75 Å². The minimum Gasteiger partial charge on any atom is -0.455 e. The molecule has 1 N–H and O–H groups in total. The maximum absolute atomic E-state index is 11.9. The molecule has 24 heavy (non-hydrogen) atoms. The van der Waals surface area contributed by atoms with E-state index in [0.717, 1.165) is 29.7 Å². The summed E-state index contributed by atoms with van der Waals surface area (Å²) >= 11 is 1.45. The number of hydrogen-bond acceptors (Lipinski definition) is 4. The number of benzene rings is 1. The van der Waals surface area contributed by atoms with Crippen molar-refractivity contribution in [3.8, 4) is 0 Å². The molecule has 1 fully saturated rings. The van der Waals surface area contributed by atoms with Gasteiger partial charge >= 0.3 is 5.97 Å². The first-order valence-electron chi connectivity index (χ1n) is 8.60. The average Bonchev–Trinajstić information content (AvgIpc) is 2.54. The van der Waals surface area contributed by atoms with Gasteiger partial charge in [-0.25, -0.2) is 0 Å². The van der Waals surface area contributed by atoms with E-state index in [1.54, 1.807) is 0 Å². The fraction of sp³-hybridized carbons (Fsp3) is 0.579. The Morgan fingerprint density at radius 3 is 2.71 bits per heavy atom. The zero-order chi connectivity index (χ0) is 17.5. The van der Waals surface area contributed by atoms with E-state index < -0.39 is 0 Å². The van der Waals surface area contributed by atoms with Crippen LogP contribution in [0, 0.1) is 19.8 Å². The predicted octanol–water partition coefficient (Wildman–Crippen LogP) is 3.63. The number of nitrogens with one attached hydrogen (secondary N) is 1. The van der Waals surface area contributed by atoms with Gasteiger partial charge in [0.15, 0.2) is 6.61 Å². The highest BCUT2D eigenvalue weighted by Gasteiger charge is 2.23. The third-order valence-electron chi connectivity index (χ3n) is 4.50. The zero-order valence-corrected chi connectivity index (χ0v) is 15.6. The van der Waals surface area contributed by atoms with Crippen LogP contribution in [0.3, 0.4) is 0 Å². The fourth-order valence-electron chi connectivity index (χ4n) is 3.06. The number of hydrogen-bond donors (Lipinski definition) is 1. The van der Waals surface area contributed by atoms with Gasteiger partial charge in [0.1, 0.15) is 0 Å². The number of esters is 1. The lowest BCUT2D eigenvalue weighted by molar-refractivity contribution is -0.146. The summed E-state index contributed by atoms with van der Waals surface area (Å²) in [5.74, 6) is 0.167. The maximum Gasteiger partial charge on any atom is 0.316 e. The van der Waals surface area contributed by atoms with E-state index in [-0.39, 0.29) is 30.3 Å². The summed E-state index contributed by atoms with van der Waals surface area (Å²) in [6.45, 7) is 6.05. The molecule has 0 radical (unpaired) electrons. The second-order valence-corrected chi connectivity index (χ2v) is 7.67. The Kier molecular flexibility index (Phi) is 7.16. The van der Waals surface area contributed by atoms with Crippen LogP contribution in [0.5, 0.6) is 0 Å². The lowest BCUT2D eigenvalue weighted by Crippen LogP contribution is -2.43. The van der Waals surface area contributed by atoms with Gasteiger partial charge in [-0.3, -0.25) is 9.59 Å². The Hall–Kier alpha value is -1.49.